The number of aryl methyl sites for hydroxylation is 1. The van der Waals surface area contributed by atoms with Gasteiger partial charge in [0.2, 0.25) is 0 Å². The van der Waals surface area contributed by atoms with Gasteiger partial charge in [-0.15, -0.1) is 11.3 Å². The molecule has 0 radical (unpaired) electrons. The van der Waals surface area contributed by atoms with Gasteiger partial charge in [-0.05, 0) is 49.4 Å². The highest BCUT2D eigenvalue weighted by Crippen LogP contribution is 2.33. The fourth-order valence-corrected chi connectivity index (χ4v) is 5.56. The molecule has 192 valence electrons. The van der Waals surface area contributed by atoms with Crippen molar-refractivity contribution in [3.63, 3.8) is 0 Å². The number of esters is 1. The zero-order valence-electron chi connectivity index (χ0n) is 21.1. The summed E-state index contributed by atoms with van der Waals surface area (Å²) < 4.78 is 5.54. The van der Waals surface area contributed by atoms with E-state index in [1.807, 2.05) is 55.6 Å². The number of hydrogen-bond acceptors (Lipinski definition) is 8. The first-order valence-corrected chi connectivity index (χ1v) is 13.5. The number of imidazole rings is 1. The summed E-state index contributed by atoms with van der Waals surface area (Å²) >= 11 is 1.43. The molecule has 0 atom stereocenters. The molecule has 4 aromatic heterocycles. The van der Waals surface area contributed by atoms with Crippen molar-refractivity contribution < 1.29 is 9.53 Å². The molecule has 1 fully saturated rings. The highest BCUT2D eigenvalue weighted by molar-refractivity contribution is 7.17. The Morgan fingerprint density at radius 1 is 1.05 bits per heavy atom. The molecule has 0 saturated carbocycles. The van der Waals surface area contributed by atoms with E-state index in [-0.39, 0.29) is 5.97 Å². The molecule has 0 amide bonds. The summed E-state index contributed by atoms with van der Waals surface area (Å²) in [7, 11) is 0. The Labute approximate surface area is 224 Å². The second-order valence-electron chi connectivity index (χ2n) is 9.31. The number of carbonyl (C=O) groups is 1. The molecule has 5 aromatic rings. The molecule has 1 aliphatic rings. The summed E-state index contributed by atoms with van der Waals surface area (Å²) in [4.78, 5) is 33.6. The largest absolute Gasteiger partial charge is 0.460 e. The number of benzene rings is 1. The molecule has 0 bridgehead atoms. The van der Waals surface area contributed by atoms with Crippen molar-refractivity contribution in [1.29, 1.82) is 0 Å². The predicted octanol–water partition coefficient (Wildman–Crippen LogP) is 4.79. The molecule has 1 aliphatic heterocycles. The maximum absolute atomic E-state index is 12.6. The van der Waals surface area contributed by atoms with Crippen LogP contribution in [-0.4, -0.2) is 70.1 Å². The van der Waals surface area contributed by atoms with Gasteiger partial charge >= 0.3 is 5.97 Å². The summed E-state index contributed by atoms with van der Waals surface area (Å²) in [5, 5.41) is 4.33. The quantitative estimate of drug-likeness (QED) is 0.296. The SMILES string of the molecule is Cc1cccc(-c2[nH]cnc2-c2ccc3ncc(-c4ccc(C(=O)OCCN5CCNCC5)s4)cc3c2)n1. The summed E-state index contributed by atoms with van der Waals surface area (Å²) in [6.07, 6.45) is 3.55. The molecule has 6 rings (SSSR count). The number of ether oxygens (including phenoxy) is 1. The first-order chi connectivity index (χ1) is 18.6. The Hall–Kier alpha value is -3.92. The van der Waals surface area contributed by atoms with E-state index in [0.717, 1.165) is 82.4 Å². The van der Waals surface area contributed by atoms with Gasteiger partial charge in [0.1, 0.15) is 11.5 Å². The monoisotopic (exact) mass is 524 g/mol. The average molecular weight is 525 g/mol. The van der Waals surface area contributed by atoms with Gasteiger partial charge < -0.3 is 15.0 Å². The number of thiophene rings is 1. The number of hydrogen-bond donors (Lipinski definition) is 2. The molecule has 1 aromatic carbocycles. The number of piperazine rings is 1. The third-order valence-electron chi connectivity index (χ3n) is 6.68. The van der Waals surface area contributed by atoms with Crippen molar-refractivity contribution in [2.75, 3.05) is 39.3 Å². The van der Waals surface area contributed by atoms with E-state index in [1.54, 1.807) is 6.33 Å². The van der Waals surface area contributed by atoms with Crippen LogP contribution in [0.4, 0.5) is 0 Å². The van der Waals surface area contributed by atoms with E-state index in [4.69, 9.17) is 4.74 Å². The number of aromatic nitrogens is 4. The summed E-state index contributed by atoms with van der Waals surface area (Å²) in [6, 6.07) is 18.0. The van der Waals surface area contributed by atoms with Crippen molar-refractivity contribution in [1.82, 2.24) is 30.2 Å². The van der Waals surface area contributed by atoms with E-state index in [9.17, 15) is 4.79 Å². The van der Waals surface area contributed by atoms with Crippen molar-refractivity contribution >= 4 is 28.2 Å². The van der Waals surface area contributed by atoms with Crippen LogP contribution in [0.3, 0.4) is 0 Å². The molecule has 0 spiro atoms. The minimum atomic E-state index is -0.275. The summed E-state index contributed by atoms with van der Waals surface area (Å²) in [5.74, 6) is -0.275. The third-order valence-corrected chi connectivity index (χ3v) is 7.79. The predicted molar refractivity (Wildman–Crippen MR) is 150 cm³/mol. The normalized spacial score (nSPS) is 14.1. The Morgan fingerprint density at radius 2 is 1.92 bits per heavy atom. The second-order valence-corrected chi connectivity index (χ2v) is 10.4. The van der Waals surface area contributed by atoms with Gasteiger partial charge in [-0.25, -0.2) is 9.78 Å². The van der Waals surface area contributed by atoms with Gasteiger partial charge in [0.05, 0.1) is 28.9 Å². The van der Waals surface area contributed by atoms with Crippen LogP contribution in [0.15, 0.2) is 67.1 Å². The van der Waals surface area contributed by atoms with E-state index >= 15 is 0 Å². The molecule has 0 aliphatic carbocycles. The molecule has 8 nitrogen and oxygen atoms in total. The van der Waals surface area contributed by atoms with Gasteiger partial charge in [0, 0.05) is 66.0 Å². The Morgan fingerprint density at radius 3 is 2.79 bits per heavy atom. The number of fused-ring (bicyclic) bond motifs is 1. The van der Waals surface area contributed by atoms with Crippen LogP contribution in [0.1, 0.15) is 15.4 Å². The molecular formula is C29H28N6O2S. The molecule has 9 heteroatoms. The van der Waals surface area contributed by atoms with Crippen molar-refractivity contribution in [3.05, 3.63) is 77.7 Å². The summed E-state index contributed by atoms with van der Waals surface area (Å²) in [5.41, 5.74) is 6.38. The minimum Gasteiger partial charge on any atom is -0.460 e. The van der Waals surface area contributed by atoms with E-state index in [1.165, 1.54) is 11.3 Å². The van der Waals surface area contributed by atoms with Crippen molar-refractivity contribution in [2.45, 2.75) is 6.92 Å². The van der Waals surface area contributed by atoms with Crippen LogP contribution in [-0.2, 0) is 4.74 Å². The maximum Gasteiger partial charge on any atom is 0.348 e. The van der Waals surface area contributed by atoms with Crippen molar-refractivity contribution in [3.8, 4) is 33.1 Å². The Bertz CT molecular complexity index is 1590. The lowest BCUT2D eigenvalue weighted by Crippen LogP contribution is -2.44. The number of H-pyrrole nitrogens is 1. The number of pyridine rings is 2. The smallest absolute Gasteiger partial charge is 0.348 e. The molecule has 1 saturated heterocycles. The number of nitrogens with one attached hydrogen (secondary N) is 2. The molecular weight excluding hydrogens is 496 g/mol. The van der Waals surface area contributed by atoms with Crippen LogP contribution in [0.2, 0.25) is 0 Å². The fraction of sp³-hybridized carbons (Fsp3) is 0.241. The number of aromatic amines is 1. The van der Waals surface area contributed by atoms with Crippen LogP contribution < -0.4 is 5.32 Å². The lowest BCUT2D eigenvalue weighted by Gasteiger charge is -2.26. The maximum atomic E-state index is 12.6. The topological polar surface area (TPSA) is 96.0 Å². The Kier molecular flexibility index (Phi) is 6.96. The third kappa shape index (κ3) is 5.22. The molecule has 5 heterocycles. The zero-order chi connectivity index (χ0) is 25.9. The highest BCUT2D eigenvalue weighted by atomic mass is 32.1. The lowest BCUT2D eigenvalue weighted by atomic mass is 10.0. The van der Waals surface area contributed by atoms with Crippen LogP contribution >= 0.6 is 11.3 Å². The van der Waals surface area contributed by atoms with E-state index in [0.29, 0.717) is 11.5 Å². The second kappa shape index (κ2) is 10.8. The molecule has 2 N–H and O–H groups in total. The van der Waals surface area contributed by atoms with Gasteiger partial charge in [-0.2, -0.15) is 0 Å². The van der Waals surface area contributed by atoms with Gasteiger partial charge in [0.25, 0.3) is 0 Å². The first kappa shape index (κ1) is 24.4. The van der Waals surface area contributed by atoms with E-state index < -0.39 is 0 Å². The van der Waals surface area contributed by atoms with Crippen LogP contribution in [0, 0.1) is 6.92 Å². The zero-order valence-corrected chi connectivity index (χ0v) is 21.9. The first-order valence-electron chi connectivity index (χ1n) is 12.7. The van der Waals surface area contributed by atoms with Crippen LogP contribution in [0.25, 0.3) is 44.0 Å². The number of nitrogens with zero attached hydrogens (tertiary/aromatic N) is 4. The standard InChI is InChI=1S/C29H28N6O2S/c1-19-3-2-4-24(34-19)28-27(32-18-33-28)20-5-6-23-21(15-20)16-22(17-31-23)25-7-8-26(38-25)29(36)37-14-13-35-11-9-30-10-12-35/h2-8,15-18,30H,9-14H2,1H3,(H,32,33). The lowest BCUT2D eigenvalue weighted by molar-refractivity contribution is 0.0461. The molecule has 38 heavy (non-hydrogen) atoms. The fourth-order valence-electron chi connectivity index (χ4n) is 4.68. The highest BCUT2D eigenvalue weighted by Gasteiger charge is 2.16. The minimum absolute atomic E-state index is 0.275. The van der Waals surface area contributed by atoms with Crippen molar-refractivity contribution in [2.24, 2.45) is 0 Å². The molecule has 0 unspecified atom stereocenters. The van der Waals surface area contributed by atoms with Gasteiger partial charge in [-0.1, -0.05) is 12.1 Å². The number of rotatable bonds is 7. The van der Waals surface area contributed by atoms with Gasteiger partial charge in [-0.3, -0.25) is 14.9 Å². The number of carbonyl (C=O) groups excluding carboxylic acids is 1. The average Bonchev–Trinajstić information content (AvgIpc) is 3.64. The Balaban J connectivity index is 1.20. The summed E-state index contributed by atoms with van der Waals surface area (Å²) in [6.45, 7) is 7.09. The van der Waals surface area contributed by atoms with Gasteiger partial charge in [0.15, 0.2) is 0 Å². The van der Waals surface area contributed by atoms with Crippen LogP contribution in [0.5, 0.6) is 0 Å². The van der Waals surface area contributed by atoms with E-state index in [2.05, 4.69) is 42.3 Å².